The molecule has 1 aromatic rings. The van der Waals surface area contributed by atoms with Gasteiger partial charge in [0, 0.05) is 24.7 Å². The number of carbonyl (C=O) groups excluding carboxylic acids is 1. The molecule has 1 unspecified atom stereocenters. The van der Waals surface area contributed by atoms with Crippen LogP contribution in [0.5, 0.6) is 5.75 Å². The van der Waals surface area contributed by atoms with Crippen molar-refractivity contribution in [2.45, 2.75) is 31.6 Å². The number of carbonyl (C=O) groups is 1. The summed E-state index contributed by atoms with van der Waals surface area (Å²) in [7, 11) is -3.70. The van der Waals surface area contributed by atoms with Crippen LogP contribution >= 0.6 is 0 Å². The molecule has 0 aliphatic carbocycles. The molecule has 1 amide bonds. The summed E-state index contributed by atoms with van der Waals surface area (Å²) in [5.74, 6) is 0.398. The van der Waals surface area contributed by atoms with Crippen molar-refractivity contribution < 1.29 is 17.9 Å². The zero-order valence-corrected chi connectivity index (χ0v) is 12.3. The predicted molar refractivity (Wildman–Crippen MR) is 76.1 cm³/mol. The highest BCUT2D eigenvalue weighted by atomic mass is 32.2. The summed E-state index contributed by atoms with van der Waals surface area (Å²) < 4.78 is 28.2. The fraction of sp³-hybridized carbons (Fsp3) is 0.462. The molecule has 1 saturated heterocycles. The Morgan fingerprint density at radius 3 is 2.65 bits per heavy atom. The van der Waals surface area contributed by atoms with Gasteiger partial charge in [-0.05, 0) is 26.0 Å². The first-order chi connectivity index (χ1) is 9.27. The number of primary sulfonamides is 1. The van der Waals surface area contributed by atoms with Gasteiger partial charge in [0.25, 0.3) is 0 Å². The molecule has 1 fully saturated rings. The summed E-state index contributed by atoms with van der Waals surface area (Å²) >= 11 is 0. The summed E-state index contributed by atoms with van der Waals surface area (Å²) in [5, 5.41) is 4.26. The van der Waals surface area contributed by atoms with E-state index in [0.717, 1.165) is 0 Å². The molecule has 7 heteroatoms. The van der Waals surface area contributed by atoms with Gasteiger partial charge in [0.05, 0.1) is 6.10 Å². The third-order valence-corrected chi connectivity index (χ3v) is 4.30. The Morgan fingerprint density at radius 1 is 1.40 bits per heavy atom. The number of amides is 1. The fourth-order valence-corrected chi connectivity index (χ4v) is 2.87. The van der Waals surface area contributed by atoms with E-state index in [0.29, 0.717) is 11.4 Å². The monoisotopic (exact) mass is 298 g/mol. The van der Waals surface area contributed by atoms with Crippen LogP contribution in [0.25, 0.3) is 0 Å². The van der Waals surface area contributed by atoms with Gasteiger partial charge in [-0.3, -0.25) is 4.79 Å². The summed E-state index contributed by atoms with van der Waals surface area (Å²) in [5.41, 5.74) is 0.624. The molecule has 2 N–H and O–H groups in total. The fourth-order valence-electron chi connectivity index (χ4n) is 2.14. The maximum Gasteiger partial charge on any atom is 0.228 e. The lowest BCUT2D eigenvalue weighted by atomic mass is 10.2. The van der Waals surface area contributed by atoms with Crippen molar-refractivity contribution in [1.29, 1.82) is 0 Å². The van der Waals surface area contributed by atoms with E-state index in [1.807, 2.05) is 13.8 Å². The smallest absolute Gasteiger partial charge is 0.228 e. The van der Waals surface area contributed by atoms with Gasteiger partial charge in [0.2, 0.25) is 15.9 Å². The summed E-state index contributed by atoms with van der Waals surface area (Å²) in [6.45, 7) is 3.90. The van der Waals surface area contributed by atoms with Gasteiger partial charge in [-0.2, -0.15) is 0 Å². The minimum absolute atomic E-state index is 0.0247. The van der Waals surface area contributed by atoms with E-state index >= 15 is 0 Å². The number of rotatable bonds is 4. The number of hydrogen-bond acceptors (Lipinski definition) is 4. The van der Waals surface area contributed by atoms with E-state index in [1.165, 1.54) is 4.90 Å². The Morgan fingerprint density at radius 2 is 2.10 bits per heavy atom. The van der Waals surface area contributed by atoms with Crippen molar-refractivity contribution in [1.82, 2.24) is 0 Å². The Bertz CT molecular complexity index is 613. The van der Waals surface area contributed by atoms with E-state index in [2.05, 4.69) is 0 Å². The highest BCUT2D eigenvalue weighted by Gasteiger charge is 2.37. The SMILES string of the molecule is CC(C)Oc1cccc(N2CC(S(N)(=O)=O)CC2=O)c1. The zero-order valence-electron chi connectivity index (χ0n) is 11.4. The molecule has 110 valence electrons. The van der Waals surface area contributed by atoms with Crippen LogP contribution in [0.4, 0.5) is 5.69 Å². The molecule has 0 spiro atoms. The zero-order chi connectivity index (χ0) is 14.9. The van der Waals surface area contributed by atoms with Crippen LogP contribution in [0.15, 0.2) is 24.3 Å². The molecular weight excluding hydrogens is 280 g/mol. The number of ether oxygens (including phenoxy) is 1. The van der Waals surface area contributed by atoms with Crippen LogP contribution in [0.3, 0.4) is 0 Å². The quantitative estimate of drug-likeness (QED) is 0.893. The van der Waals surface area contributed by atoms with Gasteiger partial charge < -0.3 is 9.64 Å². The maximum absolute atomic E-state index is 11.9. The minimum Gasteiger partial charge on any atom is -0.491 e. The molecule has 1 atom stereocenters. The molecule has 0 aromatic heterocycles. The van der Waals surface area contributed by atoms with E-state index < -0.39 is 15.3 Å². The third-order valence-electron chi connectivity index (χ3n) is 3.06. The van der Waals surface area contributed by atoms with Crippen molar-refractivity contribution in [2.24, 2.45) is 5.14 Å². The molecule has 0 saturated carbocycles. The number of sulfonamides is 1. The van der Waals surface area contributed by atoms with Crippen LogP contribution in [0.2, 0.25) is 0 Å². The lowest BCUT2D eigenvalue weighted by Crippen LogP contribution is -2.32. The molecule has 1 aromatic carbocycles. The predicted octanol–water partition coefficient (Wildman–Crippen LogP) is 0.868. The normalized spacial score (nSPS) is 19.7. The van der Waals surface area contributed by atoms with Crippen molar-refractivity contribution in [3.05, 3.63) is 24.3 Å². The lowest BCUT2D eigenvalue weighted by molar-refractivity contribution is -0.117. The van der Waals surface area contributed by atoms with Crippen molar-refractivity contribution in [2.75, 3.05) is 11.4 Å². The van der Waals surface area contributed by atoms with Crippen molar-refractivity contribution in [3.63, 3.8) is 0 Å². The molecule has 6 nitrogen and oxygen atoms in total. The second-order valence-corrected chi connectivity index (χ2v) is 6.93. The Balaban J connectivity index is 2.22. The highest BCUT2D eigenvalue weighted by Crippen LogP contribution is 2.27. The first-order valence-electron chi connectivity index (χ1n) is 6.36. The number of benzene rings is 1. The Hall–Kier alpha value is -1.60. The molecular formula is C13H18N2O4S. The van der Waals surface area contributed by atoms with E-state index in [9.17, 15) is 13.2 Å². The van der Waals surface area contributed by atoms with E-state index in [-0.39, 0.29) is 25.0 Å². The van der Waals surface area contributed by atoms with Crippen LogP contribution in [-0.4, -0.2) is 32.2 Å². The molecule has 0 bridgehead atoms. The summed E-state index contributed by atoms with van der Waals surface area (Å²) in [6.07, 6.45) is -0.0506. The average molecular weight is 298 g/mol. The molecule has 1 aliphatic rings. The molecule has 20 heavy (non-hydrogen) atoms. The minimum atomic E-state index is -3.70. The second-order valence-electron chi connectivity index (χ2n) is 5.08. The van der Waals surface area contributed by atoms with E-state index in [1.54, 1.807) is 24.3 Å². The van der Waals surface area contributed by atoms with Gasteiger partial charge in [-0.1, -0.05) is 6.07 Å². The van der Waals surface area contributed by atoms with Crippen molar-refractivity contribution in [3.8, 4) is 5.75 Å². The van der Waals surface area contributed by atoms with Crippen LogP contribution in [0.1, 0.15) is 20.3 Å². The van der Waals surface area contributed by atoms with E-state index in [4.69, 9.17) is 9.88 Å². The topological polar surface area (TPSA) is 89.7 Å². The average Bonchev–Trinajstić information content (AvgIpc) is 2.70. The molecule has 2 rings (SSSR count). The highest BCUT2D eigenvalue weighted by molar-refractivity contribution is 7.89. The van der Waals surface area contributed by atoms with Gasteiger partial charge in [-0.15, -0.1) is 0 Å². The van der Waals surface area contributed by atoms with Gasteiger partial charge in [0.15, 0.2) is 0 Å². The number of hydrogen-bond donors (Lipinski definition) is 1. The van der Waals surface area contributed by atoms with Crippen LogP contribution in [0, 0.1) is 0 Å². The summed E-state index contributed by atoms with van der Waals surface area (Å²) in [4.78, 5) is 13.4. The first kappa shape index (κ1) is 14.8. The molecule has 0 radical (unpaired) electrons. The van der Waals surface area contributed by atoms with Crippen LogP contribution in [-0.2, 0) is 14.8 Å². The second kappa shape index (κ2) is 5.41. The number of anilines is 1. The Labute approximate surface area is 118 Å². The first-order valence-corrected chi connectivity index (χ1v) is 7.97. The maximum atomic E-state index is 11.9. The van der Waals surface area contributed by atoms with Crippen molar-refractivity contribution >= 4 is 21.6 Å². The molecule has 1 aliphatic heterocycles. The summed E-state index contributed by atoms with van der Waals surface area (Å²) in [6, 6.07) is 7.03. The van der Waals surface area contributed by atoms with Gasteiger partial charge in [-0.25, -0.2) is 13.6 Å². The van der Waals surface area contributed by atoms with Crippen LogP contribution < -0.4 is 14.8 Å². The van der Waals surface area contributed by atoms with Gasteiger partial charge >= 0.3 is 0 Å². The largest absolute Gasteiger partial charge is 0.491 e. The Kier molecular flexibility index (Phi) is 4.01. The number of nitrogens with two attached hydrogens (primary N) is 1. The molecule has 1 heterocycles. The van der Waals surface area contributed by atoms with Gasteiger partial charge in [0.1, 0.15) is 11.0 Å². The third kappa shape index (κ3) is 3.29. The standard InChI is InChI=1S/C13H18N2O4S/c1-9(2)19-11-5-3-4-10(6-11)15-8-12(7-13(15)16)20(14,17)18/h3-6,9,12H,7-8H2,1-2H3,(H2,14,17,18). The number of nitrogens with zero attached hydrogens (tertiary/aromatic N) is 1. The lowest BCUT2D eigenvalue weighted by Gasteiger charge is -2.18.